The fraction of sp³-hybridized carbons (Fsp3) is 0.273. The molecule has 0 unspecified atom stereocenters. The molecule has 6 nitrogen and oxygen atoms in total. The summed E-state index contributed by atoms with van der Waals surface area (Å²) in [6, 6.07) is 2.38. The molecule has 0 bridgehead atoms. The van der Waals surface area contributed by atoms with Gasteiger partial charge >= 0.3 is 5.97 Å². The molecule has 1 aromatic carbocycles. The van der Waals surface area contributed by atoms with Crippen LogP contribution >= 0.6 is 0 Å². The molecule has 2 N–H and O–H groups in total. The Hall–Kier alpha value is -2.24. The number of ether oxygens (including phenoxy) is 2. The number of phenols is 1. The second kappa shape index (κ2) is 4.32. The number of hydrogen-bond donors (Lipinski definition) is 2. The van der Waals surface area contributed by atoms with E-state index in [9.17, 15) is 14.7 Å². The molecule has 0 saturated carbocycles. The number of carbonyl (C=O) groups excluding carboxylic acids is 1. The zero-order chi connectivity index (χ0) is 12.4. The van der Waals surface area contributed by atoms with Gasteiger partial charge < -0.3 is 19.7 Å². The first-order valence-corrected chi connectivity index (χ1v) is 5.00. The Balaban J connectivity index is 2.45. The monoisotopic (exact) mass is 238 g/mol. The van der Waals surface area contributed by atoms with Crippen LogP contribution in [-0.4, -0.2) is 35.2 Å². The Kier molecular flexibility index (Phi) is 2.86. The zero-order valence-electron chi connectivity index (χ0n) is 8.80. The summed E-state index contributed by atoms with van der Waals surface area (Å²) >= 11 is 0. The summed E-state index contributed by atoms with van der Waals surface area (Å²) in [5.41, 5.74) is -0.304. The summed E-state index contributed by atoms with van der Waals surface area (Å²) in [6.07, 6.45) is 0.678. The highest BCUT2D eigenvalue weighted by Gasteiger charge is 2.22. The molecule has 1 heterocycles. The highest BCUT2D eigenvalue weighted by Crippen LogP contribution is 2.35. The first-order chi connectivity index (χ1) is 8.09. The summed E-state index contributed by atoms with van der Waals surface area (Å²) in [7, 11) is 0. The van der Waals surface area contributed by atoms with E-state index in [1.165, 1.54) is 12.1 Å². The highest BCUT2D eigenvalue weighted by atomic mass is 16.5. The largest absolute Gasteiger partial charge is 0.507 e. The molecule has 2 rings (SSSR count). The highest BCUT2D eigenvalue weighted by molar-refractivity contribution is 6.40. The molecule has 0 atom stereocenters. The maximum absolute atomic E-state index is 11.3. The van der Waals surface area contributed by atoms with E-state index >= 15 is 0 Å². The lowest BCUT2D eigenvalue weighted by Gasteiger charge is -2.09. The summed E-state index contributed by atoms with van der Waals surface area (Å²) in [4.78, 5) is 21.8. The minimum Gasteiger partial charge on any atom is -0.507 e. The smallest absolute Gasteiger partial charge is 0.377 e. The third-order valence-electron chi connectivity index (χ3n) is 2.30. The second-order valence-corrected chi connectivity index (χ2v) is 3.50. The first-order valence-electron chi connectivity index (χ1n) is 5.00. The Labute approximate surface area is 96.4 Å². The minimum atomic E-state index is -1.63. The number of rotatable bonds is 2. The molecular weight excluding hydrogens is 228 g/mol. The van der Waals surface area contributed by atoms with E-state index in [0.717, 1.165) is 0 Å². The summed E-state index contributed by atoms with van der Waals surface area (Å²) < 4.78 is 10.6. The van der Waals surface area contributed by atoms with Crippen LogP contribution in [0.1, 0.15) is 16.8 Å². The first kappa shape index (κ1) is 11.3. The van der Waals surface area contributed by atoms with E-state index < -0.39 is 17.5 Å². The maximum Gasteiger partial charge on any atom is 0.377 e. The van der Waals surface area contributed by atoms with Crippen molar-refractivity contribution in [3.63, 3.8) is 0 Å². The van der Waals surface area contributed by atoms with Crippen molar-refractivity contribution in [3.05, 3.63) is 17.7 Å². The van der Waals surface area contributed by atoms with Crippen molar-refractivity contribution in [3.8, 4) is 17.2 Å². The number of hydrogen-bond acceptors (Lipinski definition) is 5. The van der Waals surface area contributed by atoms with Gasteiger partial charge in [0.05, 0.1) is 18.8 Å². The molecule has 0 spiro atoms. The van der Waals surface area contributed by atoms with E-state index in [1.54, 1.807) is 0 Å². The van der Waals surface area contributed by atoms with E-state index in [4.69, 9.17) is 14.6 Å². The molecule has 0 aliphatic carbocycles. The third kappa shape index (κ3) is 2.15. The zero-order valence-corrected chi connectivity index (χ0v) is 8.80. The fourth-order valence-corrected chi connectivity index (χ4v) is 1.50. The third-order valence-corrected chi connectivity index (χ3v) is 2.30. The van der Waals surface area contributed by atoms with Crippen LogP contribution in [-0.2, 0) is 4.79 Å². The second-order valence-electron chi connectivity index (χ2n) is 3.50. The predicted octanol–water partition coefficient (Wildman–Crippen LogP) is 0.821. The molecule has 6 heteroatoms. The lowest BCUT2D eigenvalue weighted by atomic mass is 10.1. The number of phenolic OH excluding ortho intramolecular Hbond substituents is 1. The molecule has 1 aliphatic heterocycles. The molecule has 0 radical (unpaired) electrons. The van der Waals surface area contributed by atoms with Gasteiger partial charge in [0.25, 0.3) is 5.78 Å². The number of fused-ring (bicyclic) bond motifs is 1. The Morgan fingerprint density at radius 1 is 1.12 bits per heavy atom. The quantitative estimate of drug-likeness (QED) is 0.585. The molecule has 17 heavy (non-hydrogen) atoms. The van der Waals surface area contributed by atoms with E-state index in [2.05, 4.69) is 0 Å². The summed E-state index contributed by atoms with van der Waals surface area (Å²) in [5, 5.41) is 18.1. The average Bonchev–Trinajstić information content (AvgIpc) is 2.51. The van der Waals surface area contributed by atoms with Crippen molar-refractivity contribution in [1.29, 1.82) is 0 Å². The molecule has 0 aromatic heterocycles. The van der Waals surface area contributed by atoms with Crippen LogP contribution in [0.15, 0.2) is 12.1 Å². The van der Waals surface area contributed by atoms with Crippen LogP contribution < -0.4 is 9.47 Å². The van der Waals surface area contributed by atoms with Gasteiger partial charge in [-0.2, -0.15) is 0 Å². The summed E-state index contributed by atoms with van der Waals surface area (Å²) in [5.74, 6) is -2.67. The van der Waals surface area contributed by atoms with Crippen molar-refractivity contribution >= 4 is 11.8 Å². The molecular formula is C11H10O6. The number of Topliss-reactive ketones (excluding diaryl/α,β-unsaturated/α-hetero) is 1. The van der Waals surface area contributed by atoms with Crippen molar-refractivity contribution in [2.45, 2.75) is 6.42 Å². The number of carboxylic acids is 1. The number of aliphatic carboxylic acids is 1. The molecule has 1 aliphatic rings. The van der Waals surface area contributed by atoms with Crippen molar-refractivity contribution < 1.29 is 29.3 Å². The van der Waals surface area contributed by atoms with Gasteiger partial charge in [-0.15, -0.1) is 0 Å². The topological polar surface area (TPSA) is 93.1 Å². The number of carbonyl (C=O) groups is 2. The van der Waals surface area contributed by atoms with Crippen LogP contribution in [0, 0.1) is 0 Å². The molecule has 0 fully saturated rings. The van der Waals surface area contributed by atoms with Crippen LogP contribution in [0.2, 0.25) is 0 Å². The summed E-state index contributed by atoms with van der Waals surface area (Å²) in [6.45, 7) is 0.858. The Morgan fingerprint density at radius 3 is 2.29 bits per heavy atom. The molecule has 90 valence electrons. The average molecular weight is 238 g/mol. The van der Waals surface area contributed by atoms with Gasteiger partial charge in [-0.1, -0.05) is 0 Å². The predicted molar refractivity (Wildman–Crippen MR) is 55.7 cm³/mol. The van der Waals surface area contributed by atoms with Gasteiger partial charge in [-0.3, -0.25) is 4.79 Å². The number of ketones is 1. The Morgan fingerprint density at radius 2 is 1.71 bits per heavy atom. The van der Waals surface area contributed by atoms with Gasteiger partial charge in [0.15, 0.2) is 11.5 Å². The van der Waals surface area contributed by atoms with Crippen LogP contribution in [0.5, 0.6) is 17.2 Å². The number of aromatic hydroxyl groups is 1. The van der Waals surface area contributed by atoms with Gasteiger partial charge in [0.1, 0.15) is 5.75 Å². The van der Waals surface area contributed by atoms with Crippen molar-refractivity contribution in [1.82, 2.24) is 0 Å². The van der Waals surface area contributed by atoms with Crippen molar-refractivity contribution in [2.75, 3.05) is 13.2 Å². The van der Waals surface area contributed by atoms with E-state index in [1.807, 2.05) is 0 Å². The van der Waals surface area contributed by atoms with Gasteiger partial charge in [0, 0.05) is 12.5 Å². The van der Waals surface area contributed by atoms with Crippen LogP contribution in [0.3, 0.4) is 0 Å². The van der Waals surface area contributed by atoms with Crippen LogP contribution in [0.25, 0.3) is 0 Å². The van der Waals surface area contributed by atoms with Crippen molar-refractivity contribution in [2.24, 2.45) is 0 Å². The molecule has 0 amide bonds. The number of carboxylic acid groups (broad SMARTS) is 1. The lowest BCUT2D eigenvalue weighted by molar-refractivity contribution is -0.131. The van der Waals surface area contributed by atoms with Gasteiger partial charge in [-0.05, 0) is 6.07 Å². The number of benzene rings is 1. The lowest BCUT2D eigenvalue weighted by Crippen LogP contribution is -2.13. The SMILES string of the molecule is O=C(O)C(=O)c1cc2c(cc1O)OCCCO2. The maximum atomic E-state index is 11.3. The normalized spacial score (nSPS) is 13.9. The van der Waals surface area contributed by atoms with E-state index in [-0.39, 0.29) is 11.3 Å². The Bertz CT molecular complexity index is 479. The molecule has 1 aromatic rings. The minimum absolute atomic E-state index is 0.268. The molecule has 0 saturated heterocycles. The standard InChI is InChI=1S/C11H10O6/c12-7-5-9-8(16-2-1-3-17-9)4-6(7)10(13)11(14)15/h4-5,12H,1-3H2,(H,14,15). The van der Waals surface area contributed by atoms with Crippen LogP contribution in [0.4, 0.5) is 0 Å². The van der Waals surface area contributed by atoms with Gasteiger partial charge in [-0.25, -0.2) is 4.79 Å². The fourth-order valence-electron chi connectivity index (χ4n) is 1.50. The van der Waals surface area contributed by atoms with Gasteiger partial charge in [0.2, 0.25) is 0 Å². The van der Waals surface area contributed by atoms with E-state index in [0.29, 0.717) is 25.4 Å².